The summed E-state index contributed by atoms with van der Waals surface area (Å²) in [5.74, 6) is -10.2. The molecule has 288 valence electrons. The van der Waals surface area contributed by atoms with Crippen LogP contribution >= 0.6 is 0 Å². The highest BCUT2D eigenvalue weighted by Gasteiger charge is 2.42. The van der Waals surface area contributed by atoms with Gasteiger partial charge in [-0.05, 0) is 19.3 Å². The van der Waals surface area contributed by atoms with E-state index >= 15 is 0 Å². The summed E-state index contributed by atoms with van der Waals surface area (Å²) in [6.45, 7) is 5.78. The molecular formula is C39H60O12. The third kappa shape index (κ3) is 16.3. The van der Waals surface area contributed by atoms with Crippen LogP contribution in [0.4, 0.5) is 0 Å². The van der Waals surface area contributed by atoms with Gasteiger partial charge in [0.2, 0.25) is 0 Å². The number of carbonyl (C=O) groups excluding carboxylic acids is 3. The summed E-state index contributed by atoms with van der Waals surface area (Å²) in [6, 6.07) is 0. The Kier molecular flexibility index (Phi) is 23.7. The summed E-state index contributed by atoms with van der Waals surface area (Å²) < 4.78 is 16.1. The lowest BCUT2D eigenvalue weighted by Crippen LogP contribution is -2.30. The minimum Gasteiger partial charge on any atom is -0.478 e. The highest BCUT2D eigenvalue weighted by Crippen LogP contribution is 2.32. The molecule has 0 spiro atoms. The third-order valence-corrected chi connectivity index (χ3v) is 8.70. The molecule has 12 heteroatoms. The highest BCUT2D eigenvalue weighted by atomic mass is 16.5. The van der Waals surface area contributed by atoms with Gasteiger partial charge in [0, 0.05) is 0 Å². The van der Waals surface area contributed by atoms with Crippen LogP contribution in [0, 0.1) is 0 Å². The number of esters is 3. The van der Waals surface area contributed by atoms with Crippen molar-refractivity contribution in [3.8, 4) is 0 Å². The molecule has 0 radical (unpaired) electrons. The Labute approximate surface area is 302 Å². The first-order chi connectivity index (χ1) is 24.5. The normalized spacial score (nSPS) is 10.9. The van der Waals surface area contributed by atoms with Crippen LogP contribution in [0.15, 0.2) is 0 Å². The van der Waals surface area contributed by atoms with E-state index in [1.165, 1.54) is 0 Å². The zero-order valence-electron chi connectivity index (χ0n) is 31.0. The third-order valence-electron chi connectivity index (χ3n) is 8.70. The molecule has 0 saturated heterocycles. The molecule has 0 aliphatic heterocycles. The molecule has 0 saturated carbocycles. The Morgan fingerprint density at radius 1 is 0.333 bits per heavy atom. The van der Waals surface area contributed by atoms with Crippen molar-refractivity contribution in [2.75, 3.05) is 19.8 Å². The van der Waals surface area contributed by atoms with Gasteiger partial charge in [-0.3, -0.25) is 0 Å². The van der Waals surface area contributed by atoms with E-state index in [9.17, 15) is 44.1 Å². The molecule has 3 N–H and O–H groups in total. The van der Waals surface area contributed by atoms with Crippen molar-refractivity contribution in [1.29, 1.82) is 0 Å². The number of rotatable bonds is 30. The number of aromatic carboxylic acids is 3. The first-order valence-electron chi connectivity index (χ1n) is 19.0. The second-order valence-electron chi connectivity index (χ2n) is 12.9. The largest absolute Gasteiger partial charge is 0.478 e. The van der Waals surface area contributed by atoms with Gasteiger partial charge in [0.15, 0.2) is 0 Å². The lowest BCUT2D eigenvalue weighted by molar-refractivity contribution is 0.0421. The number of ether oxygens (including phenoxy) is 3. The Balaban J connectivity index is 3.57. The number of benzene rings is 1. The molecule has 0 aliphatic rings. The van der Waals surface area contributed by atoms with Crippen LogP contribution in [0.2, 0.25) is 0 Å². The van der Waals surface area contributed by atoms with E-state index in [2.05, 4.69) is 20.8 Å². The van der Waals surface area contributed by atoms with Crippen LogP contribution in [0.1, 0.15) is 218 Å². The first-order valence-corrected chi connectivity index (χ1v) is 19.0. The number of carbonyl (C=O) groups is 6. The predicted octanol–water partition coefficient (Wildman–Crippen LogP) is 9.50. The molecule has 0 fully saturated rings. The van der Waals surface area contributed by atoms with Gasteiger partial charge in [0.25, 0.3) is 0 Å². The van der Waals surface area contributed by atoms with Crippen LogP contribution in [0.3, 0.4) is 0 Å². The van der Waals surface area contributed by atoms with Gasteiger partial charge >= 0.3 is 35.8 Å². The zero-order valence-corrected chi connectivity index (χ0v) is 31.0. The summed E-state index contributed by atoms with van der Waals surface area (Å²) >= 11 is 0. The van der Waals surface area contributed by atoms with Crippen LogP contribution < -0.4 is 0 Å². The Bertz CT molecular complexity index is 1200. The van der Waals surface area contributed by atoms with Crippen molar-refractivity contribution in [1.82, 2.24) is 0 Å². The fraction of sp³-hybridized carbons (Fsp3) is 0.692. The Morgan fingerprint density at radius 3 is 0.765 bits per heavy atom. The zero-order chi connectivity index (χ0) is 38.0. The monoisotopic (exact) mass is 720 g/mol. The molecule has 0 aromatic heterocycles. The van der Waals surface area contributed by atoms with Gasteiger partial charge in [-0.1, -0.05) is 136 Å². The van der Waals surface area contributed by atoms with Crippen molar-refractivity contribution in [3.05, 3.63) is 33.4 Å². The second kappa shape index (κ2) is 26.8. The van der Waals surface area contributed by atoms with Crippen LogP contribution in [0.25, 0.3) is 0 Å². The number of carboxylic acid groups (broad SMARTS) is 3. The average Bonchev–Trinajstić information content (AvgIpc) is 3.09. The van der Waals surface area contributed by atoms with E-state index in [0.29, 0.717) is 38.5 Å². The molecule has 12 nitrogen and oxygen atoms in total. The van der Waals surface area contributed by atoms with Crippen LogP contribution in [-0.2, 0) is 14.2 Å². The van der Waals surface area contributed by atoms with Crippen molar-refractivity contribution in [2.24, 2.45) is 0 Å². The summed E-state index contributed by atoms with van der Waals surface area (Å²) in [7, 11) is 0. The lowest BCUT2D eigenvalue weighted by atomic mass is 9.85. The van der Waals surface area contributed by atoms with Crippen molar-refractivity contribution in [3.63, 3.8) is 0 Å². The Hall–Kier alpha value is -3.96. The summed E-state index contributed by atoms with van der Waals surface area (Å²) in [4.78, 5) is 78.7. The van der Waals surface area contributed by atoms with Crippen molar-refractivity contribution >= 4 is 35.8 Å². The fourth-order valence-electron chi connectivity index (χ4n) is 5.89. The Morgan fingerprint density at radius 2 is 0.529 bits per heavy atom. The minimum atomic E-state index is -2.03. The molecule has 1 aromatic carbocycles. The fourth-order valence-corrected chi connectivity index (χ4v) is 5.89. The van der Waals surface area contributed by atoms with Crippen LogP contribution in [-0.4, -0.2) is 71.0 Å². The van der Waals surface area contributed by atoms with Gasteiger partial charge in [-0.15, -0.1) is 0 Å². The molecule has 0 amide bonds. The van der Waals surface area contributed by atoms with Gasteiger partial charge in [0.05, 0.1) is 53.2 Å². The van der Waals surface area contributed by atoms with Crippen LogP contribution in [0.5, 0.6) is 0 Å². The minimum absolute atomic E-state index is 0.170. The van der Waals surface area contributed by atoms with E-state index in [0.717, 1.165) is 96.3 Å². The summed E-state index contributed by atoms with van der Waals surface area (Å²) in [6.07, 6.45) is 18.7. The maximum atomic E-state index is 13.7. The molecule has 0 aliphatic carbocycles. The second-order valence-corrected chi connectivity index (χ2v) is 12.9. The molecular weight excluding hydrogens is 660 g/mol. The van der Waals surface area contributed by atoms with Crippen molar-refractivity contribution < 1.29 is 58.3 Å². The van der Waals surface area contributed by atoms with Gasteiger partial charge in [-0.2, -0.15) is 0 Å². The molecule has 0 heterocycles. The van der Waals surface area contributed by atoms with E-state index in [1.807, 2.05) is 0 Å². The van der Waals surface area contributed by atoms with E-state index in [-0.39, 0.29) is 19.8 Å². The average molecular weight is 721 g/mol. The van der Waals surface area contributed by atoms with E-state index in [4.69, 9.17) is 14.2 Å². The predicted molar refractivity (Wildman–Crippen MR) is 192 cm³/mol. The highest BCUT2D eigenvalue weighted by molar-refractivity contribution is 6.23. The quantitative estimate of drug-likeness (QED) is 0.0388. The maximum Gasteiger partial charge on any atom is 0.339 e. The van der Waals surface area contributed by atoms with E-state index < -0.39 is 69.2 Å². The SMILES string of the molecule is CCCCCCCCCOC(=O)c1c(C(=O)O)c(C(=O)O)c(C(=O)O)c(C(=O)OCCCCCCCCC)c1C(=O)OCCCCCCCCC. The number of unbranched alkanes of at least 4 members (excludes halogenated alkanes) is 18. The molecule has 1 rings (SSSR count). The first kappa shape index (κ1) is 45.1. The lowest BCUT2D eigenvalue weighted by Gasteiger charge is -2.20. The number of hydrogen-bond acceptors (Lipinski definition) is 9. The smallest absolute Gasteiger partial charge is 0.339 e. The molecule has 0 atom stereocenters. The van der Waals surface area contributed by atoms with Gasteiger partial charge < -0.3 is 29.5 Å². The number of hydrogen-bond donors (Lipinski definition) is 3. The summed E-state index contributed by atoms with van der Waals surface area (Å²) in [5, 5.41) is 30.4. The van der Waals surface area contributed by atoms with E-state index in [1.54, 1.807) is 0 Å². The standard InChI is InChI=1S/C39H60O12/c1-4-7-10-13-16-19-22-25-49-37(46)31-29(35(42)43)28(34(40)41)30(36(44)45)32(38(47)50-26-23-20-17-14-11-8-5-2)33(31)39(48)51-27-24-21-18-15-12-9-6-3/h4-27H2,1-3H3,(H,40,41)(H,42,43)(H,44,45). The molecule has 0 unspecified atom stereocenters. The van der Waals surface area contributed by atoms with Gasteiger partial charge in [-0.25, -0.2) is 28.8 Å². The molecule has 0 bridgehead atoms. The molecule has 51 heavy (non-hydrogen) atoms. The molecule has 1 aromatic rings. The maximum absolute atomic E-state index is 13.7. The van der Waals surface area contributed by atoms with Gasteiger partial charge in [0.1, 0.15) is 0 Å². The van der Waals surface area contributed by atoms with Crippen molar-refractivity contribution in [2.45, 2.75) is 156 Å². The summed E-state index contributed by atoms with van der Waals surface area (Å²) in [5.41, 5.74) is -7.01. The topological polar surface area (TPSA) is 191 Å². The number of carboxylic acids is 3.